The first-order valence-corrected chi connectivity index (χ1v) is 9.59. The summed E-state index contributed by atoms with van der Waals surface area (Å²) in [5.74, 6) is 6.74. The number of fused-ring (bicyclic) bond motifs is 1. The van der Waals surface area contributed by atoms with Crippen molar-refractivity contribution in [2.24, 2.45) is 0 Å². The Balaban J connectivity index is 1.73. The summed E-state index contributed by atoms with van der Waals surface area (Å²) in [7, 11) is 0. The zero-order valence-electron chi connectivity index (χ0n) is 14.4. The highest BCUT2D eigenvalue weighted by Gasteiger charge is 2.22. The van der Waals surface area contributed by atoms with Gasteiger partial charge in [-0.15, -0.1) is 0 Å². The first kappa shape index (κ1) is 17.5. The van der Waals surface area contributed by atoms with Gasteiger partial charge >= 0.3 is 0 Å². The molecule has 27 heavy (non-hydrogen) atoms. The number of hydrogen-bond acceptors (Lipinski definition) is 5. The lowest BCUT2D eigenvalue weighted by Gasteiger charge is -1.99. The average molecular weight is 390 g/mol. The minimum atomic E-state index is -0.209. The van der Waals surface area contributed by atoms with Gasteiger partial charge in [0.2, 0.25) is 0 Å². The van der Waals surface area contributed by atoms with Gasteiger partial charge in [0.25, 0.3) is 5.91 Å². The zero-order valence-corrected chi connectivity index (χ0v) is 16.0. The maximum Gasteiger partial charge on any atom is 0.263 e. The first-order valence-electron chi connectivity index (χ1n) is 8.36. The topological polar surface area (TPSA) is 55.1 Å². The predicted octanol–water partition coefficient (Wildman–Crippen LogP) is 4.28. The second-order valence-corrected chi connectivity index (χ2v) is 7.59. The van der Waals surface area contributed by atoms with Crippen LogP contribution in [0.5, 0.6) is 0 Å². The van der Waals surface area contributed by atoms with Crippen LogP contribution in [0.4, 0.5) is 0 Å². The van der Waals surface area contributed by atoms with E-state index in [1.807, 2.05) is 24.3 Å². The molecule has 1 aromatic carbocycles. The van der Waals surface area contributed by atoms with Crippen LogP contribution in [-0.2, 0) is 11.2 Å². The molecule has 0 spiro atoms. The van der Waals surface area contributed by atoms with Gasteiger partial charge in [0.15, 0.2) is 5.58 Å². The van der Waals surface area contributed by atoms with Gasteiger partial charge in [0, 0.05) is 29.4 Å². The monoisotopic (exact) mass is 390 g/mol. The third-order valence-corrected chi connectivity index (χ3v) is 5.25. The molecule has 3 heterocycles. The fraction of sp³-hybridized carbons (Fsp3) is 0.0952. The van der Waals surface area contributed by atoms with Gasteiger partial charge in [-0.1, -0.05) is 60.9 Å². The van der Waals surface area contributed by atoms with Gasteiger partial charge in [-0.25, -0.2) is 0 Å². The fourth-order valence-electron chi connectivity index (χ4n) is 2.78. The van der Waals surface area contributed by atoms with Gasteiger partial charge < -0.3 is 9.73 Å². The van der Waals surface area contributed by atoms with Crippen LogP contribution in [-0.4, -0.2) is 15.2 Å². The second kappa shape index (κ2) is 7.39. The van der Waals surface area contributed by atoms with E-state index in [9.17, 15) is 4.79 Å². The van der Waals surface area contributed by atoms with E-state index in [4.69, 9.17) is 16.6 Å². The highest BCUT2D eigenvalue weighted by atomic mass is 32.2. The van der Waals surface area contributed by atoms with Gasteiger partial charge in [-0.05, 0) is 24.1 Å². The van der Waals surface area contributed by atoms with Crippen molar-refractivity contribution in [1.29, 1.82) is 0 Å². The average Bonchev–Trinajstić information content (AvgIpc) is 3.22. The number of nitrogens with zero attached hydrogens (tertiary/aromatic N) is 1. The molecule has 3 aromatic rings. The summed E-state index contributed by atoms with van der Waals surface area (Å²) >= 11 is 6.23. The van der Waals surface area contributed by atoms with E-state index in [2.05, 4.69) is 35.1 Å². The minimum absolute atomic E-state index is 0.209. The van der Waals surface area contributed by atoms with Crippen LogP contribution in [0.25, 0.3) is 17.0 Å². The van der Waals surface area contributed by atoms with Gasteiger partial charge in [-0.2, -0.15) is 0 Å². The lowest BCUT2D eigenvalue weighted by atomic mass is 10.1. The molecule has 4 rings (SSSR count). The molecule has 0 radical (unpaired) electrons. The molecule has 0 unspecified atom stereocenters. The Kier molecular flexibility index (Phi) is 4.80. The molecule has 1 fully saturated rings. The van der Waals surface area contributed by atoms with Crippen molar-refractivity contribution >= 4 is 51.3 Å². The number of pyridine rings is 1. The Morgan fingerprint density at radius 1 is 1.26 bits per heavy atom. The molecule has 132 valence electrons. The third-order valence-electron chi connectivity index (χ3n) is 4.09. The van der Waals surface area contributed by atoms with E-state index in [0.29, 0.717) is 26.1 Å². The number of amides is 1. The van der Waals surface area contributed by atoms with Crippen LogP contribution in [0, 0.1) is 11.8 Å². The lowest BCUT2D eigenvalue weighted by molar-refractivity contribution is -0.115. The van der Waals surface area contributed by atoms with Crippen molar-refractivity contribution in [1.82, 2.24) is 10.3 Å². The molecule has 1 aliphatic rings. The number of aromatic nitrogens is 1. The van der Waals surface area contributed by atoms with Crippen LogP contribution in [0.15, 0.2) is 52.0 Å². The Morgan fingerprint density at radius 3 is 2.85 bits per heavy atom. The summed E-state index contributed by atoms with van der Waals surface area (Å²) in [6.07, 6.45) is 6.02. The van der Waals surface area contributed by atoms with E-state index >= 15 is 0 Å². The van der Waals surface area contributed by atoms with Crippen molar-refractivity contribution in [3.8, 4) is 11.8 Å². The fourth-order valence-corrected chi connectivity index (χ4v) is 3.80. The molecule has 1 saturated heterocycles. The molecular formula is C21H14N2O2S2. The van der Waals surface area contributed by atoms with E-state index < -0.39 is 0 Å². The third kappa shape index (κ3) is 3.65. The highest BCUT2D eigenvalue weighted by Crippen LogP contribution is 2.29. The molecule has 4 nitrogen and oxygen atoms in total. The molecule has 6 heteroatoms. The molecule has 0 saturated carbocycles. The lowest BCUT2D eigenvalue weighted by Crippen LogP contribution is -2.17. The predicted molar refractivity (Wildman–Crippen MR) is 112 cm³/mol. The molecule has 1 amide bonds. The Bertz CT molecular complexity index is 1170. The van der Waals surface area contributed by atoms with E-state index in [0.717, 1.165) is 17.4 Å². The maximum atomic E-state index is 11.8. The van der Waals surface area contributed by atoms with Crippen molar-refractivity contribution in [3.05, 3.63) is 70.1 Å². The van der Waals surface area contributed by atoms with Crippen molar-refractivity contribution in [3.63, 3.8) is 0 Å². The first-order chi connectivity index (χ1) is 13.1. The van der Waals surface area contributed by atoms with Crippen LogP contribution in [0.1, 0.15) is 29.4 Å². The molecule has 0 aliphatic carbocycles. The number of furan rings is 1. The van der Waals surface area contributed by atoms with Crippen molar-refractivity contribution in [2.75, 3.05) is 0 Å². The smallest absolute Gasteiger partial charge is 0.263 e. The molecular weight excluding hydrogens is 376 g/mol. The SMILES string of the molecule is CCc1ccccc1C#Cc1cncc2cc(/C=C3/SC(=S)NC3=O)oc12. The van der Waals surface area contributed by atoms with Gasteiger partial charge in [0.1, 0.15) is 10.1 Å². The van der Waals surface area contributed by atoms with Crippen molar-refractivity contribution < 1.29 is 9.21 Å². The summed E-state index contributed by atoms with van der Waals surface area (Å²) in [6, 6.07) is 9.93. The Hall–Kier alpha value is -2.88. The quantitative estimate of drug-likeness (QED) is 0.402. The van der Waals surface area contributed by atoms with E-state index in [1.165, 1.54) is 17.3 Å². The van der Waals surface area contributed by atoms with Gasteiger partial charge in [-0.3, -0.25) is 9.78 Å². The summed E-state index contributed by atoms with van der Waals surface area (Å²) in [4.78, 5) is 16.6. The molecule has 0 bridgehead atoms. The number of aryl methyl sites for hydroxylation is 1. The normalized spacial score (nSPS) is 15.1. The molecule has 1 N–H and O–H groups in total. The number of carbonyl (C=O) groups is 1. The Labute approximate surface area is 166 Å². The maximum absolute atomic E-state index is 11.8. The number of hydrogen-bond donors (Lipinski definition) is 1. The van der Waals surface area contributed by atoms with Crippen LogP contribution in [0.2, 0.25) is 0 Å². The van der Waals surface area contributed by atoms with Crippen molar-refractivity contribution in [2.45, 2.75) is 13.3 Å². The zero-order chi connectivity index (χ0) is 18.8. The molecule has 2 aromatic heterocycles. The Morgan fingerprint density at radius 2 is 2.07 bits per heavy atom. The number of thioether (sulfide) groups is 1. The number of nitrogens with one attached hydrogen (secondary N) is 1. The summed E-state index contributed by atoms with van der Waals surface area (Å²) in [6.45, 7) is 2.11. The van der Waals surface area contributed by atoms with Crippen LogP contribution < -0.4 is 5.32 Å². The second-order valence-electron chi connectivity index (χ2n) is 5.87. The summed E-state index contributed by atoms with van der Waals surface area (Å²) in [5, 5.41) is 3.43. The summed E-state index contributed by atoms with van der Waals surface area (Å²) < 4.78 is 6.38. The standard InChI is InChI=1S/C21H14N2O2S2/c1-2-13-5-3-4-6-14(13)7-8-15-11-22-12-16-9-17(25-19(15)16)10-18-20(24)23-21(26)27-18/h3-6,9-12H,2H2,1H3,(H,23,24,26)/b18-10+. The van der Waals surface area contributed by atoms with Crippen LogP contribution in [0.3, 0.4) is 0 Å². The largest absolute Gasteiger partial charge is 0.455 e. The number of benzene rings is 1. The minimum Gasteiger partial charge on any atom is -0.455 e. The summed E-state index contributed by atoms with van der Waals surface area (Å²) in [5.41, 5.74) is 3.57. The number of carbonyl (C=O) groups excluding carboxylic acids is 1. The van der Waals surface area contributed by atoms with E-state index in [-0.39, 0.29) is 5.91 Å². The van der Waals surface area contributed by atoms with Crippen LogP contribution >= 0.6 is 24.0 Å². The number of rotatable bonds is 2. The number of thiocarbonyl (C=S) groups is 1. The molecule has 0 atom stereocenters. The molecule has 1 aliphatic heterocycles. The van der Waals surface area contributed by atoms with E-state index in [1.54, 1.807) is 18.5 Å². The highest BCUT2D eigenvalue weighted by molar-refractivity contribution is 8.26. The van der Waals surface area contributed by atoms with Gasteiger partial charge in [0.05, 0.1) is 10.5 Å².